The molecule has 3 saturated heterocycles. The number of ether oxygens (including phenoxy) is 1. The lowest BCUT2D eigenvalue weighted by molar-refractivity contribution is -0.123. The summed E-state index contributed by atoms with van der Waals surface area (Å²) in [5, 5.41) is 0. The summed E-state index contributed by atoms with van der Waals surface area (Å²) in [5.74, 6) is 1.01. The lowest BCUT2D eigenvalue weighted by Crippen LogP contribution is -2.37. The zero-order chi connectivity index (χ0) is 22.2. The molecule has 0 radical (unpaired) electrons. The Hall–Kier alpha value is -2.23. The minimum absolute atomic E-state index is 0.0233. The van der Waals surface area contributed by atoms with Gasteiger partial charge in [-0.25, -0.2) is 4.98 Å². The van der Waals surface area contributed by atoms with E-state index >= 15 is 0 Å². The standard InChI is InChI=1S/C23H26N4O3S2/c1-15-6-4-9-25(13-15)20-17(21(28)26-10-3-2-8-19(26)24-20)12-18-22(29)27(23(31)32-18)14-16-7-5-11-30-16/h2-3,8,10,12,15-16H,4-7,9,11,13-14H2,1H3/b18-12-. The van der Waals surface area contributed by atoms with Crippen LogP contribution in [0.2, 0.25) is 0 Å². The number of pyridine rings is 1. The number of anilines is 1. The van der Waals surface area contributed by atoms with Crippen LogP contribution in [0.4, 0.5) is 5.82 Å². The maximum atomic E-state index is 13.5. The molecule has 0 N–H and O–H groups in total. The van der Waals surface area contributed by atoms with E-state index in [9.17, 15) is 9.59 Å². The lowest BCUT2D eigenvalue weighted by atomic mass is 10.00. The minimum atomic E-state index is -0.173. The second-order valence-corrected chi connectivity index (χ2v) is 10.4. The van der Waals surface area contributed by atoms with Gasteiger partial charge in [-0.15, -0.1) is 0 Å². The molecule has 2 atom stereocenters. The molecule has 0 spiro atoms. The van der Waals surface area contributed by atoms with Crippen molar-refractivity contribution >= 4 is 51.7 Å². The van der Waals surface area contributed by atoms with Crippen LogP contribution in [-0.4, -0.2) is 56.9 Å². The van der Waals surface area contributed by atoms with Gasteiger partial charge >= 0.3 is 0 Å². The van der Waals surface area contributed by atoms with E-state index in [-0.39, 0.29) is 17.6 Å². The molecule has 9 heteroatoms. The molecular formula is C23H26N4O3S2. The molecule has 2 aromatic rings. The second-order valence-electron chi connectivity index (χ2n) is 8.70. The molecule has 2 unspecified atom stereocenters. The quantitative estimate of drug-likeness (QED) is 0.502. The highest BCUT2D eigenvalue weighted by Crippen LogP contribution is 2.35. The molecule has 32 heavy (non-hydrogen) atoms. The number of thioether (sulfide) groups is 1. The Morgan fingerprint density at radius 2 is 2.16 bits per heavy atom. The van der Waals surface area contributed by atoms with Crippen LogP contribution >= 0.6 is 24.0 Å². The van der Waals surface area contributed by atoms with Crippen molar-refractivity contribution in [1.29, 1.82) is 0 Å². The number of amides is 1. The molecule has 1 amide bonds. The summed E-state index contributed by atoms with van der Waals surface area (Å²) in [6.45, 7) is 5.10. The monoisotopic (exact) mass is 470 g/mol. The highest BCUT2D eigenvalue weighted by atomic mass is 32.2. The van der Waals surface area contributed by atoms with Gasteiger partial charge in [0.1, 0.15) is 15.8 Å². The van der Waals surface area contributed by atoms with Gasteiger partial charge in [-0.2, -0.15) is 0 Å². The van der Waals surface area contributed by atoms with Gasteiger partial charge in [-0.3, -0.25) is 18.9 Å². The van der Waals surface area contributed by atoms with Crippen LogP contribution in [-0.2, 0) is 9.53 Å². The first-order valence-corrected chi connectivity index (χ1v) is 12.4. The third kappa shape index (κ3) is 4.09. The van der Waals surface area contributed by atoms with Gasteiger partial charge in [-0.05, 0) is 49.8 Å². The van der Waals surface area contributed by atoms with E-state index in [2.05, 4.69) is 11.8 Å². The fourth-order valence-electron chi connectivity index (χ4n) is 4.62. The highest BCUT2D eigenvalue weighted by Gasteiger charge is 2.35. The largest absolute Gasteiger partial charge is 0.376 e. The third-order valence-electron chi connectivity index (χ3n) is 6.26. The molecule has 0 bridgehead atoms. The lowest BCUT2D eigenvalue weighted by Gasteiger charge is -2.32. The van der Waals surface area contributed by atoms with E-state index in [1.165, 1.54) is 22.6 Å². The number of piperidine rings is 1. The molecule has 2 aromatic heterocycles. The first kappa shape index (κ1) is 21.6. The average molecular weight is 471 g/mol. The van der Waals surface area contributed by atoms with Gasteiger partial charge in [-0.1, -0.05) is 37.0 Å². The molecule has 0 aliphatic carbocycles. The number of hydrogen-bond donors (Lipinski definition) is 0. The molecule has 3 aliphatic rings. The summed E-state index contributed by atoms with van der Waals surface area (Å²) in [6, 6.07) is 5.52. The zero-order valence-electron chi connectivity index (χ0n) is 18.0. The molecule has 5 rings (SSSR count). The molecule has 7 nitrogen and oxygen atoms in total. The Kier molecular flexibility index (Phi) is 6.05. The van der Waals surface area contributed by atoms with E-state index in [0.717, 1.165) is 39.0 Å². The van der Waals surface area contributed by atoms with Crippen molar-refractivity contribution in [2.75, 3.05) is 31.1 Å². The topological polar surface area (TPSA) is 67.2 Å². The van der Waals surface area contributed by atoms with Crippen molar-refractivity contribution in [3.8, 4) is 0 Å². The van der Waals surface area contributed by atoms with Crippen LogP contribution in [0.1, 0.15) is 38.2 Å². The Labute approximate surface area is 196 Å². The van der Waals surface area contributed by atoms with Gasteiger partial charge in [0.25, 0.3) is 11.5 Å². The Bertz CT molecular complexity index is 1160. The predicted molar refractivity (Wildman–Crippen MR) is 131 cm³/mol. The van der Waals surface area contributed by atoms with E-state index in [1.54, 1.807) is 17.2 Å². The number of fused-ring (bicyclic) bond motifs is 1. The fourth-order valence-corrected chi connectivity index (χ4v) is 5.88. The Balaban J connectivity index is 1.55. The minimum Gasteiger partial charge on any atom is -0.376 e. The van der Waals surface area contributed by atoms with Gasteiger partial charge in [0, 0.05) is 25.9 Å². The smallest absolute Gasteiger partial charge is 0.267 e. The van der Waals surface area contributed by atoms with Crippen molar-refractivity contribution in [3.63, 3.8) is 0 Å². The van der Waals surface area contributed by atoms with Crippen LogP contribution in [0.25, 0.3) is 11.7 Å². The number of carbonyl (C=O) groups excluding carboxylic acids is 1. The summed E-state index contributed by atoms with van der Waals surface area (Å²) in [6.07, 6.45) is 7.59. The SMILES string of the molecule is CC1CCCN(c2nc3ccccn3c(=O)c2/C=C2\SC(=S)N(CC3CCCO3)C2=O)C1. The van der Waals surface area contributed by atoms with Gasteiger partial charge in [0.15, 0.2) is 0 Å². The van der Waals surface area contributed by atoms with Gasteiger partial charge in [0.2, 0.25) is 0 Å². The summed E-state index contributed by atoms with van der Waals surface area (Å²) in [4.78, 5) is 35.7. The molecule has 3 aliphatic heterocycles. The van der Waals surface area contributed by atoms with Crippen molar-refractivity contribution in [3.05, 3.63) is 45.2 Å². The summed E-state index contributed by atoms with van der Waals surface area (Å²) in [5.41, 5.74) is 0.877. The molecule has 3 fully saturated rings. The predicted octanol–water partition coefficient (Wildman–Crippen LogP) is 3.31. The maximum absolute atomic E-state index is 13.5. The molecular weight excluding hydrogens is 444 g/mol. The maximum Gasteiger partial charge on any atom is 0.267 e. The molecule has 0 aromatic carbocycles. The van der Waals surface area contributed by atoms with Crippen LogP contribution in [0.5, 0.6) is 0 Å². The Morgan fingerprint density at radius 1 is 1.28 bits per heavy atom. The Morgan fingerprint density at radius 3 is 2.94 bits per heavy atom. The van der Waals surface area contributed by atoms with Crippen LogP contribution in [0.3, 0.4) is 0 Å². The van der Waals surface area contributed by atoms with Crippen molar-refractivity contribution in [2.24, 2.45) is 5.92 Å². The van der Waals surface area contributed by atoms with E-state index < -0.39 is 0 Å². The van der Waals surface area contributed by atoms with E-state index in [1.807, 2.05) is 18.2 Å². The summed E-state index contributed by atoms with van der Waals surface area (Å²) >= 11 is 6.74. The van der Waals surface area contributed by atoms with Crippen molar-refractivity contribution < 1.29 is 9.53 Å². The normalized spacial score (nSPS) is 25.5. The summed E-state index contributed by atoms with van der Waals surface area (Å²) < 4.78 is 7.74. The van der Waals surface area contributed by atoms with Crippen molar-refractivity contribution in [1.82, 2.24) is 14.3 Å². The average Bonchev–Trinajstić information content (AvgIpc) is 3.39. The first-order valence-electron chi connectivity index (χ1n) is 11.1. The van der Waals surface area contributed by atoms with Crippen molar-refractivity contribution in [2.45, 2.75) is 38.7 Å². The molecule has 0 saturated carbocycles. The number of rotatable bonds is 4. The molecule has 5 heterocycles. The first-order chi connectivity index (χ1) is 15.5. The van der Waals surface area contributed by atoms with E-state index in [4.69, 9.17) is 21.9 Å². The van der Waals surface area contributed by atoms with Gasteiger partial charge < -0.3 is 9.64 Å². The number of nitrogens with zero attached hydrogens (tertiary/aromatic N) is 4. The molecule has 168 valence electrons. The number of carbonyl (C=O) groups is 1. The van der Waals surface area contributed by atoms with Gasteiger partial charge in [0.05, 0.1) is 23.1 Å². The second kappa shape index (κ2) is 8.96. The number of thiocarbonyl (C=S) groups is 1. The van der Waals surface area contributed by atoms with E-state index in [0.29, 0.717) is 38.7 Å². The third-order valence-corrected chi connectivity index (χ3v) is 7.64. The summed E-state index contributed by atoms with van der Waals surface area (Å²) in [7, 11) is 0. The van der Waals surface area contributed by atoms with Crippen LogP contribution in [0, 0.1) is 5.92 Å². The zero-order valence-corrected chi connectivity index (χ0v) is 19.7. The number of hydrogen-bond acceptors (Lipinski definition) is 7. The number of aromatic nitrogens is 2. The fraction of sp³-hybridized carbons (Fsp3) is 0.478. The van der Waals surface area contributed by atoms with Crippen LogP contribution in [0.15, 0.2) is 34.1 Å². The van der Waals surface area contributed by atoms with Crippen LogP contribution < -0.4 is 10.5 Å². The highest BCUT2D eigenvalue weighted by molar-refractivity contribution is 8.26.